The fraction of sp³-hybridized carbons (Fsp3) is 0.500. The summed E-state index contributed by atoms with van der Waals surface area (Å²) in [6, 6.07) is 9.17. The molecule has 0 amide bonds. The van der Waals surface area contributed by atoms with Gasteiger partial charge in [0.15, 0.2) is 0 Å². The fourth-order valence-electron chi connectivity index (χ4n) is 2.90. The van der Waals surface area contributed by atoms with E-state index >= 15 is 0 Å². The van der Waals surface area contributed by atoms with Crippen molar-refractivity contribution in [3.8, 4) is 0 Å². The van der Waals surface area contributed by atoms with Gasteiger partial charge in [0.2, 0.25) is 0 Å². The predicted octanol–water partition coefficient (Wildman–Crippen LogP) is 3.94. The third kappa shape index (κ3) is 2.92. The molecule has 2 heterocycles. The van der Waals surface area contributed by atoms with E-state index in [-0.39, 0.29) is 6.04 Å². The van der Waals surface area contributed by atoms with Crippen LogP contribution in [-0.4, -0.2) is 31.1 Å². The zero-order valence-corrected chi connectivity index (χ0v) is 13.6. The zero-order valence-electron chi connectivity index (χ0n) is 12.0. The number of rotatable bonds is 4. The second kappa shape index (κ2) is 5.88. The molecule has 0 spiro atoms. The smallest absolute Gasteiger partial charge is 0.134 e. The lowest BCUT2D eigenvalue weighted by molar-refractivity contribution is 0.289. The van der Waals surface area contributed by atoms with Crippen LogP contribution in [0.5, 0.6) is 0 Å². The third-order valence-electron chi connectivity index (χ3n) is 4.26. The summed E-state index contributed by atoms with van der Waals surface area (Å²) < 4.78 is 7.02. The van der Waals surface area contributed by atoms with Crippen molar-refractivity contribution in [2.24, 2.45) is 0 Å². The van der Waals surface area contributed by atoms with Crippen LogP contribution in [0.2, 0.25) is 0 Å². The van der Waals surface area contributed by atoms with Crippen LogP contribution in [0.4, 0.5) is 0 Å². The lowest BCUT2D eigenvalue weighted by atomic mass is 10.2. The summed E-state index contributed by atoms with van der Waals surface area (Å²) in [5, 5.41) is 4.75. The first-order chi connectivity index (χ1) is 9.63. The second-order valence-corrected chi connectivity index (χ2v) is 6.65. The Morgan fingerprint density at radius 2 is 2.30 bits per heavy atom. The van der Waals surface area contributed by atoms with Gasteiger partial charge in [-0.05, 0) is 57.6 Å². The molecule has 108 valence electrons. The average Bonchev–Trinajstić information content (AvgIpc) is 3.01. The summed E-state index contributed by atoms with van der Waals surface area (Å²) in [6.45, 7) is 4.42. The van der Waals surface area contributed by atoms with Gasteiger partial charge < -0.3 is 14.6 Å². The van der Waals surface area contributed by atoms with Crippen LogP contribution < -0.4 is 5.32 Å². The maximum absolute atomic E-state index is 5.93. The van der Waals surface area contributed by atoms with Crippen LogP contribution in [0.1, 0.15) is 31.6 Å². The fourth-order valence-corrected chi connectivity index (χ4v) is 3.28. The van der Waals surface area contributed by atoms with Crippen molar-refractivity contribution in [2.45, 2.75) is 31.8 Å². The van der Waals surface area contributed by atoms with Crippen molar-refractivity contribution in [2.75, 3.05) is 20.1 Å². The summed E-state index contributed by atoms with van der Waals surface area (Å²) >= 11 is 3.50. The van der Waals surface area contributed by atoms with E-state index in [0.29, 0.717) is 6.04 Å². The van der Waals surface area contributed by atoms with E-state index < -0.39 is 0 Å². The molecule has 20 heavy (non-hydrogen) atoms. The highest BCUT2D eigenvalue weighted by molar-refractivity contribution is 9.10. The molecule has 1 aliphatic heterocycles. The highest BCUT2D eigenvalue weighted by Gasteiger charge is 2.21. The number of likely N-dealkylation sites (tertiary alicyclic amines) is 1. The van der Waals surface area contributed by atoms with Crippen molar-refractivity contribution in [3.05, 3.63) is 34.5 Å². The standard InChI is InChI=1S/C16H21BrN2O/c1-11(18-10-14-4-3-7-19(14)2)16-9-12-8-13(17)5-6-15(12)20-16/h5-6,8-9,11,14,18H,3-4,7,10H2,1-2H3. The molecule has 1 fully saturated rings. The second-order valence-electron chi connectivity index (χ2n) is 5.74. The Hall–Kier alpha value is -0.840. The first-order valence-corrected chi connectivity index (χ1v) is 8.05. The molecule has 0 bridgehead atoms. The van der Waals surface area contributed by atoms with E-state index in [4.69, 9.17) is 4.42 Å². The highest BCUT2D eigenvalue weighted by Crippen LogP contribution is 2.26. The Kier molecular flexibility index (Phi) is 4.15. The normalized spacial score (nSPS) is 21.6. The maximum Gasteiger partial charge on any atom is 0.134 e. The van der Waals surface area contributed by atoms with Gasteiger partial charge in [0.1, 0.15) is 11.3 Å². The first-order valence-electron chi connectivity index (χ1n) is 7.26. The molecule has 2 aromatic rings. The largest absolute Gasteiger partial charge is 0.459 e. The van der Waals surface area contributed by atoms with E-state index in [2.05, 4.69) is 52.3 Å². The van der Waals surface area contributed by atoms with Crippen molar-refractivity contribution in [1.82, 2.24) is 10.2 Å². The average molecular weight is 337 g/mol. The molecule has 0 radical (unpaired) electrons. The lowest BCUT2D eigenvalue weighted by Gasteiger charge is -2.21. The number of furan rings is 1. The summed E-state index contributed by atoms with van der Waals surface area (Å²) in [5.41, 5.74) is 0.954. The third-order valence-corrected chi connectivity index (χ3v) is 4.75. The van der Waals surface area contributed by atoms with Gasteiger partial charge in [0.25, 0.3) is 0 Å². The summed E-state index contributed by atoms with van der Waals surface area (Å²) in [5.74, 6) is 1.01. The Bertz CT molecular complexity index is 595. The summed E-state index contributed by atoms with van der Waals surface area (Å²) in [4.78, 5) is 2.44. The van der Waals surface area contributed by atoms with Crippen LogP contribution in [0.15, 0.2) is 33.2 Å². The number of likely N-dealkylation sites (N-methyl/N-ethyl adjacent to an activating group) is 1. The predicted molar refractivity (Wildman–Crippen MR) is 86.0 cm³/mol. The van der Waals surface area contributed by atoms with Gasteiger partial charge in [-0.1, -0.05) is 15.9 Å². The Balaban J connectivity index is 1.67. The van der Waals surface area contributed by atoms with Crippen LogP contribution >= 0.6 is 15.9 Å². The molecule has 0 aliphatic carbocycles. The van der Waals surface area contributed by atoms with E-state index in [1.54, 1.807) is 0 Å². The van der Waals surface area contributed by atoms with Gasteiger partial charge in [0, 0.05) is 22.4 Å². The van der Waals surface area contributed by atoms with Crippen LogP contribution in [-0.2, 0) is 0 Å². The van der Waals surface area contributed by atoms with Crippen LogP contribution in [0.3, 0.4) is 0 Å². The summed E-state index contributed by atoms with van der Waals surface area (Å²) in [6.07, 6.45) is 2.61. The molecule has 2 atom stereocenters. The van der Waals surface area contributed by atoms with E-state index in [1.165, 1.54) is 19.4 Å². The molecule has 1 N–H and O–H groups in total. The zero-order chi connectivity index (χ0) is 14.1. The number of fused-ring (bicyclic) bond motifs is 1. The minimum atomic E-state index is 0.246. The van der Waals surface area contributed by atoms with E-state index in [0.717, 1.165) is 27.7 Å². The van der Waals surface area contributed by atoms with E-state index in [9.17, 15) is 0 Å². The van der Waals surface area contributed by atoms with Gasteiger partial charge >= 0.3 is 0 Å². The van der Waals surface area contributed by atoms with Crippen molar-refractivity contribution in [1.29, 1.82) is 0 Å². The number of nitrogens with one attached hydrogen (secondary N) is 1. The number of hydrogen-bond donors (Lipinski definition) is 1. The molecule has 1 aromatic heterocycles. The number of nitrogens with zero attached hydrogens (tertiary/aromatic N) is 1. The molecule has 2 unspecified atom stereocenters. The van der Waals surface area contributed by atoms with Gasteiger partial charge in [-0.3, -0.25) is 0 Å². The van der Waals surface area contributed by atoms with Crippen LogP contribution in [0, 0.1) is 0 Å². The Labute approximate surface area is 128 Å². The monoisotopic (exact) mass is 336 g/mol. The number of hydrogen-bond acceptors (Lipinski definition) is 3. The minimum absolute atomic E-state index is 0.246. The minimum Gasteiger partial charge on any atom is -0.459 e. The highest BCUT2D eigenvalue weighted by atomic mass is 79.9. The topological polar surface area (TPSA) is 28.4 Å². The van der Waals surface area contributed by atoms with Gasteiger partial charge in [-0.25, -0.2) is 0 Å². The summed E-state index contributed by atoms with van der Waals surface area (Å²) in [7, 11) is 2.21. The van der Waals surface area contributed by atoms with Crippen LogP contribution in [0.25, 0.3) is 11.0 Å². The van der Waals surface area contributed by atoms with Gasteiger partial charge in [0.05, 0.1) is 6.04 Å². The Morgan fingerprint density at radius 3 is 3.05 bits per heavy atom. The van der Waals surface area contributed by atoms with Crippen molar-refractivity contribution < 1.29 is 4.42 Å². The van der Waals surface area contributed by atoms with Crippen molar-refractivity contribution in [3.63, 3.8) is 0 Å². The number of benzene rings is 1. The molecule has 3 nitrogen and oxygen atoms in total. The molecular weight excluding hydrogens is 316 g/mol. The SMILES string of the molecule is CC(NCC1CCCN1C)c1cc2cc(Br)ccc2o1. The maximum atomic E-state index is 5.93. The molecular formula is C16H21BrN2O. The van der Waals surface area contributed by atoms with E-state index in [1.807, 2.05) is 12.1 Å². The van der Waals surface area contributed by atoms with Gasteiger partial charge in [-0.2, -0.15) is 0 Å². The first kappa shape index (κ1) is 14.1. The molecule has 4 heteroatoms. The van der Waals surface area contributed by atoms with Gasteiger partial charge in [-0.15, -0.1) is 0 Å². The van der Waals surface area contributed by atoms with Crippen molar-refractivity contribution >= 4 is 26.9 Å². The lowest BCUT2D eigenvalue weighted by Crippen LogP contribution is -2.36. The quantitative estimate of drug-likeness (QED) is 0.916. The molecule has 0 saturated carbocycles. The Morgan fingerprint density at radius 1 is 1.45 bits per heavy atom. The molecule has 1 aromatic carbocycles. The molecule has 1 aliphatic rings. The number of halogens is 1. The molecule has 3 rings (SSSR count). The molecule has 1 saturated heterocycles.